The normalized spacial score (nSPS) is 12.2. The molecule has 0 aromatic heterocycles. The van der Waals surface area contributed by atoms with Gasteiger partial charge in [0.05, 0.1) is 6.61 Å². The number of rotatable bonds is 23. The maximum absolute atomic E-state index is 11.8. The van der Waals surface area contributed by atoms with Crippen LogP contribution in [-0.4, -0.2) is 12.6 Å². The molecule has 0 aliphatic rings. The molecule has 0 radical (unpaired) electrons. The molecule has 0 saturated heterocycles. The van der Waals surface area contributed by atoms with Crippen LogP contribution in [-0.2, 0) is 9.53 Å². The molecule has 0 aromatic carbocycles. The molecule has 2 nitrogen and oxygen atoms in total. The second-order valence-corrected chi connectivity index (χ2v) is 8.67. The summed E-state index contributed by atoms with van der Waals surface area (Å²) in [5.74, 6) is -0.00202. The zero-order valence-corrected chi connectivity index (χ0v) is 21.4. The van der Waals surface area contributed by atoms with Gasteiger partial charge in [0.2, 0.25) is 0 Å². The largest absolute Gasteiger partial charge is 0.466 e. The van der Waals surface area contributed by atoms with Gasteiger partial charge in [0.1, 0.15) is 0 Å². The fourth-order valence-corrected chi connectivity index (χ4v) is 3.52. The minimum atomic E-state index is -0.00202. The summed E-state index contributed by atoms with van der Waals surface area (Å²) in [6.45, 7) is 4.92. The highest BCUT2D eigenvalue weighted by Crippen LogP contribution is 2.11. The molecule has 0 saturated carbocycles. The summed E-state index contributed by atoms with van der Waals surface area (Å²) in [5, 5.41) is 0. The van der Waals surface area contributed by atoms with E-state index in [2.05, 4.69) is 62.5 Å². The van der Waals surface area contributed by atoms with Crippen LogP contribution in [0.25, 0.3) is 0 Å². The number of unbranched alkanes of at least 4 members (excludes halogenated alkanes) is 13. The van der Waals surface area contributed by atoms with Crippen molar-refractivity contribution < 1.29 is 9.53 Å². The van der Waals surface area contributed by atoms with Crippen LogP contribution in [0.3, 0.4) is 0 Å². The highest BCUT2D eigenvalue weighted by Gasteiger charge is 2.02. The maximum atomic E-state index is 11.8. The summed E-state index contributed by atoms with van der Waals surface area (Å²) in [6, 6.07) is 0. The molecule has 0 rings (SSSR count). The Kier molecular flexibility index (Phi) is 26.1. The summed E-state index contributed by atoms with van der Waals surface area (Å²) in [7, 11) is 0. The molecule has 0 bridgehead atoms. The molecule has 2 heteroatoms. The summed E-state index contributed by atoms with van der Waals surface area (Å²) in [6.07, 6.45) is 38.6. The van der Waals surface area contributed by atoms with Crippen molar-refractivity contribution in [2.45, 2.75) is 129 Å². The molecule has 32 heavy (non-hydrogen) atoms. The van der Waals surface area contributed by atoms with Gasteiger partial charge in [0, 0.05) is 6.42 Å². The number of allylic oxidation sites excluding steroid dienone is 8. The number of esters is 1. The Morgan fingerprint density at radius 2 is 0.938 bits per heavy atom. The number of ether oxygens (including phenoxy) is 1. The SMILES string of the molecule is CC/C=C/C=C\CCCCCCCCCC(=O)OCCCCCCCC/C=C\C=C\CC. The van der Waals surface area contributed by atoms with Crippen LogP contribution in [0.5, 0.6) is 0 Å². The third-order valence-electron chi connectivity index (χ3n) is 5.52. The van der Waals surface area contributed by atoms with Crippen LogP contribution >= 0.6 is 0 Å². The first kappa shape index (κ1) is 30.4. The third kappa shape index (κ3) is 26.5. The van der Waals surface area contributed by atoms with Gasteiger partial charge in [-0.1, -0.05) is 120 Å². The lowest BCUT2D eigenvalue weighted by atomic mass is 10.1. The second-order valence-electron chi connectivity index (χ2n) is 8.67. The van der Waals surface area contributed by atoms with Crippen LogP contribution < -0.4 is 0 Å². The summed E-state index contributed by atoms with van der Waals surface area (Å²) >= 11 is 0. The molecule has 0 spiro atoms. The van der Waals surface area contributed by atoms with Crippen molar-refractivity contribution in [3.05, 3.63) is 48.6 Å². The lowest BCUT2D eigenvalue weighted by Crippen LogP contribution is -2.05. The first-order valence-corrected chi connectivity index (χ1v) is 13.6. The fourth-order valence-electron chi connectivity index (χ4n) is 3.52. The van der Waals surface area contributed by atoms with Crippen molar-refractivity contribution in [3.8, 4) is 0 Å². The van der Waals surface area contributed by atoms with E-state index < -0.39 is 0 Å². The highest BCUT2D eigenvalue weighted by molar-refractivity contribution is 5.69. The third-order valence-corrected chi connectivity index (χ3v) is 5.52. The molecule has 0 aliphatic heterocycles. The molecule has 0 heterocycles. The highest BCUT2D eigenvalue weighted by atomic mass is 16.5. The molecular formula is C30H52O2. The average molecular weight is 445 g/mol. The Morgan fingerprint density at radius 1 is 0.531 bits per heavy atom. The molecule has 0 atom stereocenters. The lowest BCUT2D eigenvalue weighted by molar-refractivity contribution is -0.143. The van der Waals surface area contributed by atoms with Crippen molar-refractivity contribution in [1.82, 2.24) is 0 Å². The van der Waals surface area contributed by atoms with Crippen molar-refractivity contribution in [2.24, 2.45) is 0 Å². The average Bonchev–Trinajstić information content (AvgIpc) is 2.80. The Balaban J connectivity index is 3.25. The predicted molar refractivity (Wildman–Crippen MR) is 142 cm³/mol. The number of carbonyl (C=O) groups excluding carboxylic acids is 1. The lowest BCUT2D eigenvalue weighted by Gasteiger charge is -2.05. The van der Waals surface area contributed by atoms with E-state index in [0.717, 1.165) is 32.1 Å². The van der Waals surface area contributed by atoms with Crippen LogP contribution in [0.1, 0.15) is 129 Å². The molecular weight excluding hydrogens is 392 g/mol. The summed E-state index contributed by atoms with van der Waals surface area (Å²) in [4.78, 5) is 11.8. The first-order chi connectivity index (χ1) is 15.8. The number of hydrogen-bond donors (Lipinski definition) is 0. The standard InChI is InChI=1S/C30H52O2/c1-3-5-7-9-11-13-15-17-18-20-22-24-26-28-30(31)32-29-27-25-23-21-19-16-14-12-10-8-6-4-2/h5-12H,3-4,13-29H2,1-2H3/b7-5+,8-6+,11-9-,12-10-. The molecule has 0 unspecified atom stereocenters. The molecule has 0 N–H and O–H groups in total. The van der Waals surface area contributed by atoms with E-state index in [1.165, 1.54) is 77.0 Å². The Hall–Kier alpha value is -1.57. The van der Waals surface area contributed by atoms with Gasteiger partial charge in [-0.15, -0.1) is 0 Å². The van der Waals surface area contributed by atoms with E-state index in [1.807, 2.05) is 0 Å². The van der Waals surface area contributed by atoms with E-state index in [-0.39, 0.29) is 5.97 Å². The second kappa shape index (κ2) is 27.5. The summed E-state index contributed by atoms with van der Waals surface area (Å²) in [5.41, 5.74) is 0. The van der Waals surface area contributed by atoms with Crippen molar-refractivity contribution in [2.75, 3.05) is 6.61 Å². The quantitative estimate of drug-likeness (QED) is 0.0890. The van der Waals surface area contributed by atoms with Crippen LogP contribution in [0.2, 0.25) is 0 Å². The summed E-state index contributed by atoms with van der Waals surface area (Å²) < 4.78 is 5.38. The van der Waals surface area contributed by atoms with Gasteiger partial charge < -0.3 is 4.74 Å². The minimum Gasteiger partial charge on any atom is -0.466 e. The van der Waals surface area contributed by atoms with E-state index in [1.54, 1.807) is 0 Å². The molecule has 184 valence electrons. The minimum absolute atomic E-state index is 0.00202. The van der Waals surface area contributed by atoms with Crippen molar-refractivity contribution in [1.29, 1.82) is 0 Å². The first-order valence-electron chi connectivity index (χ1n) is 13.6. The van der Waals surface area contributed by atoms with Crippen LogP contribution in [0.15, 0.2) is 48.6 Å². The molecule has 0 aliphatic carbocycles. The van der Waals surface area contributed by atoms with E-state index in [4.69, 9.17) is 4.74 Å². The Labute approximate surface area is 200 Å². The Bertz CT molecular complexity index is 455. The van der Waals surface area contributed by atoms with Gasteiger partial charge >= 0.3 is 5.97 Å². The predicted octanol–water partition coefficient (Wildman–Crippen LogP) is 9.82. The van der Waals surface area contributed by atoms with Crippen LogP contribution in [0.4, 0.5) is 0 Å². The smallest absolute Gasteiger partial charge is 0.305 e. The molecule has 0 amide bonds. The monoisotopic (exact) mass is 444 g/mol. The van der Waals surface area contributed by atoms with E-state index in [0.29, 0.717) is 13.0 Å². The zero-order valence-electron chi connectivity index (χ0n) is 21.4. The van der Waals surface area contributed by atoms with Crippen molar-refractivity contribution >= 4 is 5.97 Å². The van der Waals surface area contributed by atoms with Gasteiger partial charge in [-0.05, 0) is 51.4 Å². The van der Waals surface area contributed by atoms with Gasteiger partial charge in [0.25, 0.3) is 0 Å². The van der Waals surface area contributed by atoms with Gasteiger partial charge in [-0.25, -0.2) is 0 Å². The Morgan fingerprint density at radius 3 is 1.44 bits per heavy atom. The molecule has 0 aromatic rings. The molecule has 0 fully saturated rings. The van der Waals surface area contributed by atoms with Gasteiger partial charge in [0.15, 0.2) is 0 Å². The maximum Gasteiger partial charge on any atom is 0.305 e. The van der Waals surface area contributed by atoms with Gasteiger partial charge in [-0.2, -0.15) is 0 Å². The van der Waals surface area contributed by atoms with Gasteiger partial charge in [-0.3, -0.25) is 4.79 Å². The van der Waals surface area contributed by atoms with Crippen molar-refractivity contribution in [3.63, 3.8) is 0 Å². The van der Waals surface area contributed by atoms with E-state index in [9.17, 15) is 4.79 Å². The fraction of sp³-hybridized carbons (Fsp3) is 0.700. The number of hydrogen-bond acceptors (Lipinski definition) is 2. The van der Waals surface area contributed by atoms with Crippen LogP contribution in [0, 0.1) is 0 Å². The van der Waals surface area contributed by atoms with E-state index >= 15 is 0 Å². The topological polar surface area (TPSA) is 26.3 Å². The zero-order chi connectivity index (χ0) is 23.4. The number of carbonyl (C=O) groups is 1.